The number of pyridine rings is 1. The van der Waals surface area contributed by atoms with E-state index in [1.165, 1.54) is 5.56 Å². The second kappa shape index (κ2) is 5.01. The third-order valence-corrected chi connectivity index (χ3v) is 5.65. The summed E-state index contributed by atoms with van der Waals surface area (Å²) in [5, 5.41) is 2.29. The van der Waals surface area contributed by atoms with Crippen molar-refractivity contribution in [2.75, 3.05) is 16.8 Å². The molecule has 0 atom stereocenters. The summed E-state index contributed by atoms with van der Waals surface area (Å²) in [6.07, 6.45) is 1.86. The molecule has 0 spiro atoms. The Morgan fingerprint density at radius 2 is 1.77 bits per heavy atom. The van der Waals surface area contributed by atoms with E-state index in [0.717, 1.165) is 39.1 Å². The quantitative estimate of drug-likeness (QED) is 0.449. The predicted molar refractivity (Wildman–Crippen MR) is 107 cm³/mol. The zero-order valence-electron chi connectivity index (χ0n) is 15.4. The van der Waals surface area contributed by atoms with Crippen LogP contribution in [0.2, 0.25) is 0 Å². The largest absolute Gasteiger partial charge is 0.454 e. The summed E-state index contributed by atoms with van der Waals surface area (Å²) in [6, 6.07) is 16.7. The van der Waals surface area contributed by atoms with Crippen LogP contribution in [0.5, 0.6) is 0 Å². The van der Waals surface area contributed by atoms with Crippen LogP contribution in [0.1, 0.15) is 19.4 Å². The first kappa shape index (κ1) is 15.3. The number of para-hydroxylation sites is 1. The Morgan fingerprint density at radius 3 is 2.62 bits per heavy atom. The number of hydrogen-bond acceptors (Lipinski definition) is 4. The molecule has 4 nitrogen and oxygen atoms in total. The minimum Gasteiger partial charge on any atom is -0.454 e. The molecule has 1 aliphatic rings. The van der Waals surface area contributed by atoms with Crippen LogP contribution < -0.4 is 9.80 Å². The Bertz CT molecular complexity index is 1160. The van der Waals surface area contributed by atoms with Crippen LogP contribution in [-0.2, 0) is 0 Å². The predicted octanol–water partition coefficient (Wildman–Crippen LogP) is 5.61. The summed E-state index contributed by atoms with van der Waals surface area (Å²) in [6.45, 7) is 6.57. The van der Waals surface area contributed by atoms with Crippen LogP contribution in [0.3, 0.4) is 0 Å². The molecule has 0 aliphatic carbocycles. The lowest BCUT2D eigenvalue weighted by molar-refractivity contribution is 0.518. The molecule has 5 rings (SSSR count). The van der Waals surface area contributed by atoms with Gasteiger partial charge in [-0.15, -0.1) is 0 Å². The fraction of sp³-hybridized carbons (Fsp3) is 0.227. The number of hydrogen-bond donors (Lipinski definition) is 0. The lowest BCUT2D eigenvalue weighted by Crippen LogP contribution is -2.49. The van der Waals surface area contributed by atoms with Crippen LogP contribution in [0.25, 0.3) is 21.9 Å². The topological polar surface area (TPSA) is 32.5 Å². The summed E-state index contributed by atoms with van der Waals surface area (Å²) in [4.78, 5) is 9.29. The van der Waals surface area contributed by atoms with Crippen LogP contribution in [0.4, 0.5) is 17.2 Å². The molecule has 3 heterocycles. The zero-order chi connectivity index (χ0) is 18.1. The number of anilines is 3. The van der Waals surface area contributed by atoms with E-state index in [2.05, 4.69) is 68.0 Å². The van der Waals surface area contributed by atoms with E-state index in [0.29, 0.717) is 0 Å². The molecule has 0 saturated heterocycles. The summed E-state index contributed by atoms with van der Waals surface area (Å²) in [7, 11) is 2.12. The van der Waals surface area contributed by atoms with Gasteiger partial charge in [0.1, 0.15) is 11.2 Å². The van der Waals surface area contributed by atoms with Gasteiger partial charge >= 0.3 is 0 Å². The maximum atomic E-state index is 6.33. The van der Waals surface area contributed by atoms with Crippen LogP contribution >= 0.6 is 0 Å². The van der Waals surface area contributed by atoms with Crippen molar-refractivity contribution in [3.8, 4) is 0 Å². The molecule has 4 aromatic rings. The highest BCUT2D eigenvalue weighted by Gasteiger charge is 2.43. The molecule has 1 aliphatic heterocycles. The first-order valence-electron chi connectivity index (χ1n) is 8.90. The van der Waals surface area contributed by atoms with Gasteiger partial charge in [0.05, 0.1) is 11.4 Å². The molecular weight excluding hydrogens is 322 g/mol. The summed E-state index contributed by atoms with van der Waals surface area (Å²) >= 11 is 0. The molecule has 130 valence electrons. The van der Waals surface area contributed by atoms with Gasteiger partial charge in [-0.3, -0.25) is 4.90 Å². The van der Waals surface area contributed by atoms with Gasteiger partial charge in [-0.1, -0.05) is 30.3 Å². The molecule has 0 amide bonds. The van der Waals surface area contributed by atoms with Crippen molar-refractivity contribution < 1.29 is 4.42 Å². The van der Waals surface area contributed by atoms with E-state index in [9.17, 15) is 0 Å². The van der Waals surface area contributed by atoms with Gasteiger partial charge in [0.25, 0.3) is 0 Å². The number of aryl methyl sites for hydroxylation is 1. The third-order valence-electron chi connectivity index (χ3n) is 5.65. The molecule has 0 saturated carbocycles. The number of fused-ring (bicyclic) bond motifs is 4. The average Bonchev–Trinajstić information content (AvgIpc) is 3.10. The normalized spacial score (nSPS) is 15.8. The van der Waals surface area contributed by atoms with E-state index in [-0.39, 0.29) is 5.66 Å². The smallest absolute Gasteiger partial charge is 0.159 e. The highest BCUT2D eigenvalue weighted by Crippen LogP contribution is 2.50. The van der Waals surface area contributed by atoms with Crippen molar-refractivity contribution in [3.05, 3.63) is 60.3 Å². The van der Waals surface area contributed by atoms with Gasteiger partial charge in [0.15, 0.2) is 11.4 Å². The second-order valence-corrected chi connectivity index (χ2v) is 7.44. The molecule has 0 N–H and O–H groups in total. The van der Waals surface area contributed by atoms with Crippen molar-refractivity contribution in [2.45, 2.75) is 26.4 Å². The number of nitrogens with zero attached hydrogens (tertiary/aromatic N) is 3. The van der Waals surface area contributed by atoms with E-state index in [1.54, 1.807) is 0 Å². The molecular formula is C22H21N3O. The van der Waals surface area contributed by atoms with Crippen LogP contribution in [0.15, 0.2) is 59.1 Å². The zero-order valence-corrected chi connectivity index (χ0v) is 15.4. The van der Waals surface area contributed by atoms with Gasteiger partial charge in [0, 0.05) is 24.0 Å². The Morgan fingerprint density at radius 1 is 0.962 bits per heavy atom. The van der Waals surface area contributed by atoms with E-state index in [1.807, 2.05) is 24.4 Å². The third kappa shape index (κ3) is 1.81. The number of rotatable bonds is 1. The van der Waals surface area contributed by atoms with Gasteiger partial charge in [-0.25, -0.2) is 4.98 Å². The van der Waals surface area contributed by atoms with E-state index < -0.39 is 0 Å². The first-order chi connectivity index (χ1) is 12.5. The monoisotopic (exact) mass is 343 g/mol. The van der Waals surface area contributed by atoms with Crippen molar-refractivity contribution in [1.82, 2.24) is 4.98 Å². The fourth-order valence-corrected chi connectivity index (χ4v) is 4.06. The molecule has 0 radical (unpaired) electrons. The fourth-order valence-electron chi connectivity index (χ4n) is 4.06. The molecule has 2 aromatic carbocycles. The van der Waals surface area contributed by atoms with Gasteiger partial charge in [0.2, 0.25) is 0 Å². The van der Waals surface area contributed by atoms with Crippen LogP contribution in [0, 0.1) is 6.92 Å². The van der Waals surface area contributed by atoms with E-state index in [4.69, 9.17) is 9.40 Å². The Balaban J connectivity index is 1.88. The van der Waals surface area contributed by atoms with Gasteiger partial charge in [-0.05, 0) is 44.5 Å². The average molecular weight is 343 g/mol. The maximum Gasteiger partial charge on any atom is 0.159 e. The standard InChI is InChI=1S/C22H21N3O/c1-14-11-12-16-15-8-5-6-10-18(15)26-20(16)19(14)25-21-17(9-7-13-23-21)24(4)22(25,2)3/h5-13H,1-4H3. The molecule has 4 heteroatoms. The highest BCUT2D eigenvalue weighted by molar-refractivity contribution is 6.10. The SMILES string of the molecule is Cc1ccc2c(oc3ccccc32)c1N1c2ncccc2N(C)C1(C)C. The Kier molecular flexibility index (Phi) is 2.94. The summed E-state index contributed by atoms with van der Waals surface area (Å²) in [5.41, 5.74) is 4.98. The Hall–Kier alpha value is -3.01. The number of furan rings is 1. The molecule has 0 bridgehead atoms. The lowest BCUT2D eigenvalue weighted by Gasteiger charge is -2.38. The number of benzene rings is 2. The molecule has 2 aromatic heterocycles. The lowest BCUT2D eigenvalue weighted by atomic mass is 10.1. The van der Waals surface area contributed by atoms with Crippen molar-refractivity contribution in [2.24, 2.45) is 0 Å². The first-order valence-corrected chi connectivity index (χ1v) is 8.90. The minimum absolute atomic E-state index is 0.255. The van der Waals surface area contributed by atoms with E-state index >= 15 is 0 Å². The van der Waals surface area contributed by atoms with Crippen molar-refractivity contribution in [1.29, 1.82) is 0 Å². The van der Waals surface area contributed by atoms with Crippen LogP contribution in [-0.4, -0.2) is 17.7 Å². The highest BCUT2D eigenvalue weighted by atomic mass is 16.3. The Labute approximate surface area is 152 Å². The van der Waals surface area contributed by atoms with Gasteiger partial charge < -0.3 is 9.32 Å². The van der Waals surface area contributed by atoms with Crippen molar-refractivity contribution in [3.63, 3.8) is 0 Å². The summed E-state index contributed by atoms with van der Waals surface area (Å²) < 4.78 is 6.33. The molecule has 26 heavy (non-hydrogen) atoms. The van der Waals surface area contributed by atoms with Crippen molar-refractivity contribution >= 4 is 39.1 Å². The van der Waals surface area contributed by atoms with Gasteiger partial charge in [-0.2, -0.15) is 0 Å². The molecule has 0 unspecified atom stereocenters. The maximum absolute atomic E-state index is 6.33. The summed E-state index contributed by atoms with van der Waals surface area (Å²) in [5.74, 6) is 0.969. The molecule has 0 fully saturated rings. The second-order valence-electron chi connectivity index (χ2n) is 7.44. The minimum atomic E-state index is -0.255. The number of aromatic nitrogens is 1.